The van der Waals surface area contributed by atoms with E-state index in [1.54, 1.807) is 6.07 Å². The molecule has 0 aromatic heterocycles. The summed E-state index contributed by atoms with van der Waals surface area (Å²) in [5, 5.41) is 3.34. The maximum Gasteiger partial charge on any atom is 0.137 e. The minimum Gasteiger partial charge on any atom is -0.317 e. The SMILES string of the molecule is CCCCCCCC(Cc1cccc(F)c1Br)NC. The first-order valence-electron chi connectivity index (χ1n) is 7.29. The minimum absolute atomic E-state index is 0.171. The smallest absolute Gasteiger partial charge is 0.137 e. The number of benzene rings is 1. The molecular weight excluding hydrogens is 305 g/mol. The number of halogens is 2. The van der Waals surface area contributed by atoms with E-state index in [4.69, 9.17) is 0 Å². The van der Waals surface area contributed by atoms with Crippen molar-refractivity contribution in [3.63, 3.8) is 0 Å². The molecule has 0 aliphatic carbocycles. The first-order chi connectivity index (χ1) is 9.19. The molecule has 0 amide bonds. The molecule has 0 saturated heterocycles. The number of hydrogen-bond donors (Lipinski definition) is 1. The Morgan fingerprint density at radius 2 is 1.95 bits per heavy atom. The van der Waals surface area contributed by atoms with E-state index in [1.807, 2.05) is 13.1 Å². The zero-order valence-electron chi connectivity index (χ0n) is 12.0. The second-order valence-electron chi connectivity index (χ2n) is 5.11. The van der Waals surface area contributed by atoms with Gasteiger partial charge in [-0.1, -0.05) is 51.2 Å². The van der Waals surface area contributed by atoms with Crippen molar-refractivity contribution in [3.8, 4) is 0 Å². The van der Waals surface area contributed by atoms with Gasteiger partial charge in [0, 0.05) is 6.04 Å². The van der Waals surface area contributed by atoms with Gasteiger partial charge < -0.3 is 5.32 Å². The van der Waals surface area contributed by atoms with Crippen LogP contribution in [0.2, 0.25) is 0 Å². The topological polar surface area (TPSA) is 12.0 Å². The van der Waals surface area contributed by atoms with Gasteiger partial charge in [0.15, 0.2) is 0 Å². The van der Waals surface area contributed by atoms with Gasteiger partial charge in [-0.2, -0.15) is 0 Å². The summed E-state index contributed by atoms with van der Waals surface area (Å²) in [6.45, 7) is 2.23. The second kappa shape index (κ2) is 9.49. The molecule has 1 atom stereocenters. The van der Waals surface area contributed by atoms with E-state index in [0.717, 1.165) is 18.4 Å². The Kier molecular flexibility index (Phi) is 8.31. The van der Waals surface area contributed by atoms with Gasteiger partial charge in [-0.15, -0.1) is 0 Å². The number of unbranched alkanes of at least 4 members (excludes halogenated alkanes) is 4. The average Bonchev–Trinajstić information content (AvgIpc) is 2.42. The number of hydrogen-bond acceptors (Lipinski definition) is 1. The van der Waals surface area contributed by atoms with E-state index in [-0.39, 0.29) is 5.82 Å². The lowest BCUT2D eigenvalue weighted by Gasteiger charge is -2.17. The second-order valence-corrected chi connectivity index (χ2v) is 5.90. The van der Waals surface area contributed by atoms with E-state index in [1.165, 1.54) is 38.2 Å². The van der Waals surface area contributed by atoms with Crippen molar-refractivity contribution in [2.45, 2.75) is 57.9 Å². The molecule has 1 aromatic carbocycles. The van der Waals surface area contributed by atoms with E-state index < -0.39 is 0 Å². The Morgan fingerprint density at radius 3 is 2.63 bits per heavy atom. The zero-order chi connectivity index (χ0) is 14.1. The zero-order valence-corrected chi connectivity index (χ0v) is 13.6. The van der Waals surface area contributed by atoms with E-state index in [9.17, 15) is 4.39 Å². The molecule has 1 nitrogen and oxygen atoms in total. The number of likely N-dealkylation sites (N-methyl/N-ethyl adjacent to an activating group) is 1. The summed E-state index contributed by atoms with van der Waals surface area (Å²) in [6.07, 6.45) is 8.53. The van der Waals surface area contributed by atoms with Gasteiger partial charge in [-0.25, -0.2) is 4.39 Å². The van der Waals surface area contributed by atoms with Crippen LogP contribution in [0.5, 0.6) is 0 Å². The van der Waals surface area contributed by atoms with Crippen LogP contribution in [0.3, 0.4) is 0 Å². The molecule has 0 fully saturated rings. The quantitative estimate of drug-likeness (QED) is 0.623. The molecule has 1 rings (SSSR count). The standard InChI is InChI=1S/C16H25BrFN/c1-3-4-5-6-7-10-14(19-2)12-13-9-8-11-15(18)16(13)17/h8-9,11,14,19H,3-7,10,12H2,1-2H3. The van der Waals surface area contributed by atoms with Gasteiger partial charge in [0.2, 0.25) is 0 Å². The van der Waals surface area contributed by atoms with Crippen molar-refractivity contribution in [1.29, 1.82) is 0 Å². The fourth-order valence-corrected chi connectivity index (χ4v) is 2.74. The lowest BCUT2D eigenvalue weighted by Crippen LogP contribution is -2.27. The third kappa shape index (κ3) is 6.05. The van der Waals surface area contributed by atoms with Gasteiger partial charge in [-0.05, 0) is 47.4 Å². The highest BCUT2D eigenvalue weighted by Crippen LogP contribution is 2.22. The Labute approximate surface area is 125 Å². The third-order valence-corrected chi connectivity index (χ3v) is 4.45. The Morgan fingerprint density at radius 1 is 1.21 bits per heavy atom. The Bertz CT molecular complexity index is 368. The van der Waals surface area contributed by atoms with Crippen LogP contribution in [0.15, 0.2) is 22.7 Å². The molecule has 3 heteroatoms. The maximum atomic E-state index is 13.5. The minimum atomic E-state index is -0.171. The Balaban J connectivity index is 2.41. The van der Waals surface area contributed by atoms with Crippen molar-refractivity contribution in [2.75, 3.05) is 7.05 Å². The van der Waals surface area contributed by atoms with Crippen LogP contribution in [0.1, 0.15) is 51.0 Å². The van der Waals surface area contributed by atoms with Crippen molar-refractivity contribution in [1.82, 2.24) is 5.32 Å². The summed E-state index contributed by atoms with van der Waals surface area (Å²) in [5.74, 6) is -0.171. The lowest BCUT2D eigenvalue weighted by molar-refractivity contribution is 0.480. The van der Waals surface area contributed by atoms with Crippen molar-refractivity contribution >= 4 is 15.9 Å². The normalized spacial score (nSPS) is 12.6. The van der Waals surface area contributed by atoms with Crippen LogP contribution in [-0.4, -0.2) is 13.1 Å². The highest BCUT2D eigenvalue weighted by molar-refractivity contribution is 9.10. The summed E-state index contributed by atoms with van der Waals surface area (Å²) in [5.41, 5.74) is 1.05. The summed E-state index contributed by atoms with van der Waals surface area (Å²) in [7, 11) is 1.99. The molecule has 108 valence electrons. The molecule has 0 bridgehead atoms. The summed E-state index contributed by atoms with van der Waals surface area (Å²) >= 11 is 3.34. The predicted octanol–water partition coefficient (Wildman–Crippen LogP) is 5.08. The molecule has 19 heavy (non-hydrogen) atoms. The van der Waals surface area contributed by atoms with E-state index >= 15 is 0 Å². The van der Waals surface area contributed by atoms with Crippen molar-refractivity contribution in [3.05, 3.63) is 34.1 Å². The van der Waals surface area contributed by atoms with Crippen LogP contribution < -0.4 is 5.32 Å². The lowest BCUT2D eigenvalue weighted by atomic mass is 10.00. The van der Waals surface area contributed by atoms with Gasteiger partial charge in [-0.3, -0.25) is 0 Å². The van der Waals surface area contributed by atoms with Crippen LogP contribution >= 0.6 is 15.9 Å². The highest BCUT2D eigenvalue weighted by Gasteiger charge is 2.11. The van der Waals surface area contributed by atoms with Crippen LogP contribution in [-0.2, 0) is 6.42 Å². The van der Waals surface area contributed by atoms with Gasteiger partial charge in [0.05, 0.1) is 4.47 Å². The predicted molar refractivity (Wildman–Crippen MR) is 84.0 cm³/mol. The monoisotopic (exact) mass is 329 g/mol. The first-order valence-corrected chi connectivity index (χ1v) is 8.08. The van der Waals surface area contributed by atoms with Crippen molar-refractivity contribution < 1.29 is 4.39 Å². The molecule has 0 saturated carbocycles. The van der Waals surface area contributed by atoms with Crippen LogP contribution in [0.4, 0.5) is 4.39 Å². The first kappa shape index (κ1) is 16.6. The fraction of sp³-hybridized carbons (Fsp3) is 0.625. The molecule has 0 aliphatic rings. The largest absolute Gasteiger partial charge is 0.317 e. The fourth-order valence-electron chi connectivity index (χ4n) is 2.31. The Hall–Kier alpha value is -0.410. The molecule has 0 radical (unpaired) electrons. The van der Waals surface area contributed by atoms with Crippen LogP contribution in [0.25, 0.3) is 0 Å². The van der Waals surface area contributed by atoms with Gasteiger partial charge in [0.1, 0.15) is 5.82 Å². The number of nitrogens with one attached hydrogen (secondary N) is 1. The maximum absolute atomic E-state index is 13.5. The molecule has 0 heterocycles. The van der Waals surface area contributed by atoms with E-state index in [0.29, 0.717) is 10.5 Å². The average molecular weight is 330 g/mol. The molecule has 0 spiro atoms. The van der Waals surface area contributed by atoms with Gasteiger partial charge >= 0.3 is 0 Å². The summed E-state index contributed by atoms with van der Waals surface area (Å²) in [4.78, 5) is 0. The molecule has 1 aromatic rings. The molecule has 1 N–H and O–H groups in total. The van der Waals surface area contributed by atoms with E-state index in [2.05, 4.69) is 28.2 Å². The summed E-state index contributed by atoms with van der Waals surface area (Å²) in [6, 6.07) is 5.70. The third-order valence-electron chi connectivity index (χ3n) is 3.56. The van der Waals surface area contributed by atoms with Gasteiger partial charge in [0.25, 0.3) is 0 Å². The molecule has 1 unspecified atom stereocenters. The highest BCUT2D eigenvalue weighted by atomic mass is 79.9. The number of rotatable bonds is 9. The molecule has 0 aliphatic heterocycles. The summed E-state index contributed by atoms with van der Waals surface area (Å²) < 4.78 is 14.1. The molecular formula is C16H25BrFN. The van der Waals surface area contributed by atoms with Crippen molar-refractivity contribution in [2.24, 2.45) is 0 Å². The van der Waals surface area contributed by atoms with Crippen LogP contribution in [0, 0.1) is 5.82 Å².